The van der Waals surface area contributed by atoms with Crippen molar-refractivity contribution in [2.45, 2.75) is 36.5 Å². The number of thiazole rings is 1. The second kappa shape index (κ2) is 10.1. The van der Waals surface area contributed by atoms with Gasteiger partial charge in [-0.05, 0) is 29.8 Å². The van der Waals surface area contributed by atoms with E-state index in [-0.39, 0.29) is 34.1 Å². The van der Waals surface area contributed by atoms with Gasteiger partial charge in [-0.3, -0.25) is 14.5 Å². The molecule has 2 atom stereocenters. The van der Waals surface area contributed by atoms with Crippen LogP contribution in [0, 0.1) is 0 Å². The third-order valence-electron chi connectivity index (χ3n) is 4.71. The molecule has 2 aromatic rings. The third-order valence-corrected chi connectivity index (χ3v) is 7.74. The van der Waals surface area contributed by atoms with Crippen LogP contribution in [-0.4, -0.2) is 87.8 Å². The number of hydrogen-bond acceptors (Lipinski definition) is 14. The van der Waals surface area contributed by atoms with Crippen molar-refractivity contribution in [2.24, 2.45) is 5.16 Å². The highest BCUT2D eigenvalue weighted by Crippen LogP contribution is 2.41. The summed E-state index contributed by atoms with van der Waals surface area (Å²) in [4.78, 5) is 49.4. The Hall–Kier alpha value is -3.38. The highest BCUT2D eigenvalue weighted by atomic mass is 32.2. The Bertz CT molecular complexity index is 1220. The van der Waals surface area contributed by atoms with Crippen molar-refractivity contribution in [3.8, 4) is 0 Å². The molecule has 4 heterocycles. The molecule has 1 fully saturated rings. The molecule has 18 heteroatoms. The van der Waals surface area contributed by atoms with Crippen molar-refractivity contribution < 1.29 is 24.3 Å². The fraction of sp³-hybridized carbons (Fsp3) is 0.412. The molecule has 0 bridgehead atoms. The lowest BCUT2D eigenvalue weighted by Crippen LogP contribution is -2.71. The Labute approximate surface area is 210 Å². The molecule has 0 radical (unpaired) electrons. The van der Waals surface area contributed by atoms with E-state index in [1.807, 2.05) is 0 Å². The number of carbonyl (C=O) groups is 3. The van der Waals surface area contributed by atoms with Crippen molar-refractivity contribution in [1.29, 1.82) is 0 Å². The number of carboxylic acids is 1. The van der Waals surface area contributed by atoms with Gasteiger partial charge < -0.3 is 26.8 Å². The number of tetrazole rings is 1. The Morgan fingerprint density at radius 3 is 2.83 bits per heavy atom. The molecule has 2 aliphatic rings. The minimum atomic E-state index is -1.25. The van der Waals surface area contributed by atoms with E-state index in [9.17, 15) is 19.5 Å². The molecule has 0 aromatic carbocycles. The van der Waals surface area contributed by atoms with E-state index in [2.05, 4.69) is 31.0 Å². The minimum absolute atomic E-state index is 0.128. The fourth-order valence-electron chi connectivity index (χ4n) is 3.20. The minimum Gasteiger partial charge on any atom is -0.477 e. The zero-order valence-electron chi connectivity index (χ0n) is 18.3. The number of nitrogen functional groups attached to an aromatic ring is 2. The van der Waals surface area contributed by atoms with Crippen LogP contribution in [-0.2, 0) is 19.2 Å². The first kappa shape index (κ1) is 24.7. The lowest BCUT2D eigenvalue weighted by Gasteiger charge is -2.49. The van der Waals surface area contributed by atoms with E-state index in [1.165, 1.54) is 16.7 Å². The summed E-state index contributed by atoms with van der Waals surface area (Å²) >= 11 is 3.60. The number of oxime groups is 1. The number of rotatable bonds is 9. The molecular formula is C17H20N10O5S3. The van der Waals surface area contributed by atoms with E-state index >= 15 is 0 Å². The van der Waals surface area contributed by atoms with Gasteiger partial charge in [-0.25, -0.2) is 9.78 Å². The molecular weight excluding hydrogens is 520 g/mol. The van der Waals surface area contributed by atoms with Gasteiger partial charge in [0, 0.05) is 16.9 Å². The van der Waals surface area contributed by atoms with E-state index in [1.54, 1.807) is 19.2 Å². The van der Waals surface area contributed by atoms with Gasteiger partial charge in [-0.1, -0.05) is 22.0 Å². The average Bonchev–Trinajstić information content (AvgIpc) is 3.42. The average molecular weight is 541 g/mol. The quantitative estimate of drug-likeness (QED) is 0.0996. The normalized spacial score (nSPS) is 20.0. The molecule has 4 rings (SSSR count). The number of thioether (sulfide) groups is 2. The fourth-order valence-corrected chi connectivity index (χ4v) is 6.02. The maximum atomic E-state index is 13.0. The van der Waals surface area contributed by atoms with Gasteiger partial charge in [-0.15, -0.1) is 27.9 Å². The highest BCUT2D eigenvalue weighted by molar-refractivity contribution is 8.01. The molecule has 1 saturated heterocycles. The highest BCUT2D eigenvalue weighted by Gasteiger charge is 2.54. The molecule has 6 N–H and O–H groups in total. The smallest absolute Gasteiger partial charge is 0.352 e. The molecule has 2 amide bonds. The number of carboxylic acid groups (broad SMARTS) is 1. The maximum absolute atomic E-state index is 13.0. The predicted molar refractivity (Wildman–Crippen MR) is 128 cm³/mol. The molecule has 0 saturated carbocycles. The Balaban J connectivity index is 1.50. The van der Waals surface area contributed by atoms with Crippen LogP contribution in [0.1, 0.15) is 19.5 Å². The van der Waals surface area contributed by atoms with Gasteiger partial charge in [0.25, 0.3) is 11.8 Å². The van der Waals surface area contributed by atoms with Crippen LogP contribution in [0.15, 0.2) is 27.0 Å². The molecule has 35 heavy (non-hydrogen) atoms. The number of fused-ring (bicyclic) bond motifs is 1. The molecule has 0 aliphatic carbocycles. The first-order valence-electron chi connectivity index (χ1n) is 9.99. The standard InChI is InChI=1S/C17H20N10O5S3/c1-6(2)32-23-9(8-5-34-16(18)20-8)12(28)21-10-13(29)26-11(15(30)31)7(3-33-14(10)26)4-35-17-22-24-25-27(17)19/h5-6,10,14H,3-4,19H2,1-2H3,(H2,18,20)(H,21,28)(H,30,31)/b23-9-/t10-,14-/m1/s1. The van der Waals surface area contributed by atoms with E-state index in [4.69, 9.17) is 16.4 Å². The van der Waals surface area contributed by atoms with Crippen molar-refractivity contribution in [3.05, 3.63) is 22.3 Å². The third kappa shape index (κ3) is 5.03. The Kier molecular flexibility index (Phi) is 7.13. The zero-order valence-corrected chi connectivity index (χ0v) is 20.8. The van der Waals surface area contributed by atoms with Gasteiger partial charge in [-0.2, -0.15) is 0 Å². The molecule has 186 valence electrons. The number of aromatic nitrogens is 5. The summed E-state index contributed by atoms with van der Waals surface area (Å²) in [5, 5.41) is 28.5. The topological polar surface area (TPSA) is 217 Å². The van der Waals surface area contributed by atoms with E-state index in [0.29, 0.717) is 16.5 Å². The van der Waals surface area contributed by atoms with E-state index in [0.717, 1.165) is 27.9 Å². The summed E-state index contributed by atoms with van der Waals surface area (Å²) in [6, 6.07) is -0.951. The van der Waals surface area contributed by atoms with Crippen LogP contribution in [0.5, 0.6) is 0 Å². The number of amides is 2. The predicted octanol–water partition coefficient (Wildman–Crippen LogP) is -0.914. The van der Waals surface area contributed by atoms with Gasteiger partial charge >= 0.3 is 5.97 Å². The lowest BCUT2D eigenvalue weighted by atomic mass is 10.0. The number of hydrogen-bond donors (Lipinski definition) is 4. The second-order valence-corrected chi connectivity index (χ2v) is 10.4. The molecule has 0 spiro atoms. The zero-order chi connectivity index (χ0) is 25.3. The van der Waals surface area contributed by atoms with Crippen molar-refractivity contribution >= 4 is 63.5 Å². The second-order valence-electron chi connectivity index (χ2n) is 7.48. The van der Waals surface area contributed by atoms with Crippen LogP contribution >= 0.6 is 34.9 Å². The number of nitrogens with one attached hydrogen (secondary N) is 1. The van der Waals surface area contributed by atoms with Gasteiger partial charge in [0.15, 0.2) is 10.8 Å². The number of aliphatic carboxylic acids is 1. The lowest BCUT2D eigenvalue weighted by molar-refractivity contribution is -0.150. The number of nitrogens with zero attached hydrogens (tertiary/aromatic N) is 7. The van der Waals surface area contributed by atoms with Crippen molar-refractivity contribution in [3.63, 3.8) is 0 Å². The summed E-state index contributed by atoms with van der Waals surface area (Å²) in [5.74, 6) is 3.64. The first-order valence-corrected chi connectivity index (χ1v) is 12.9. The van der Waals surface area contributed by atoms with Crippen LogP contribution in [0.25, 0.3) is 0 Å². The van der Waals surface area contributed by atoms with Crippen LogP contribution in [0.2, 0.25) is 0 Å². The monoisotopic (exact) mass is 540 g/mol. The maximum Gasteiger partial charge on any atom is 0.352 e. The molecule has 2 aromatic heterocycles. The van der Waals surface area contributed by atoms with Gasteiger partial charge in [0.1, 0.15) is 28.9 Å². The SMILES string of the molecule is CC(C)O/N=C(\C(=O)N[C@@H]1C(=O)N2C(C(=O)O)=C(CSc3nnnn3N)CS[C@H]12)c1csc(N)n1. The van der Waals surface area contributed by atoms with Gasteiger partial charge in [0.2, 0.25) is 5.16 Å². The number of anilines is 1. The molecule has 15 nitrogen and oxygen atoms in total. The van der Waals surface area contributed by atoms with E-state index < -0.39 is 29.2 Å². The summed E-state index contributed by atoms with van der Waals surface area (Å²) in [7, 11) is 0. The summed E-state index contributed by atoms with van der Waals surface area (Å²) in [6.45, 7) is 3.48. The summed E-state index contributed by atoms with van der Waals surface area (Å²) in [5.41, 5.74) is 6.13. The summed E-state index contributed by atoms with van der Waals surface area (Å²) < 4.78 is 0. The number of β-lactam (4-membered cyclic amide) rings is 1. The molecule has 0 unspecified atom stereocenters. The van der Waals surface area contributed by atoms with Crippen LogP contribution in [0.3, 0.4) is 0 Å². The number of nitrogens with two attached hydrogens (primary N) is 2. The Morgan fingerprint density at radius 1 is 1.46 bits per heavy atom. The largest absolute Gasteiger partial charge is 0.477 e. The molecule has 2 aliphatic heterocycles. The van der Waals surface area contributed by atoms with Crippen LogP contribution < -0.4 is 16.9 Å². The van der Waals surface area contributed by atoms with Gasteiger partial charge in [0.05, 0.1) is 0 Å². The Morgan fingerprint density at radius 2 is 2.23 bits per heavy atom. The van der Waals surface area contributed by atoms with Crippen molar-refractivity contribution in [1.82, 2.24) is 35.5 Å². The van der Waals surface area contributed by atoms with Crippen LogP contribution in [0.4, 0.5) is 5.13 Å². The summed E-state index contributed by atoms with van der Waals surface area (Å²) in [6.07, 6.45) is -0.299. The first-order chi connectivity index (χ1) is 16.7. The number of carbonyl (C=O) groups excluding carboxylic acids is 2. The van der Waals surface area contributed by atoms with Crippen molar-refractivity contribution in [2.75, 3.05) is 23.1 Å².